The van der Waals surface area contributed by atoms with E-state index in [-0.39, 0.29) is 207 Å². The molecule has 0 saturated carbocycles. The number of ether oxygens (including phenoxy) is 33. The fraction of sp³-hybridized carbons (Fsp3) is 1.00. The molecule has 0 aliphatic carbocycles. The minimum atomic E-state index is -0.138. The molecule has 34 unspecified atom stereocenters. The zero-order valence-corrected chi connectivity index (χ0v) is 92.3. The van der Waals surface area contributed by atoms with E-state index in [1.165, 1.54) is 0 Å². The molecular weight excluding hydrogens is 1780 g/mol. The smallest absolute Gasteiger partial charge is 0.0781 e. The van der Waals surface area contributed by atoms with Gasteiger partial charge in [-0.05, 0) is 235 Å². The molecule has 0 spiro atoms. The summed E-state index contributed by atoms with van der Waals surface area (Å²) in [6.45, 7) is 82.2. The summed E-state index contributed by atoms with van der Waals surface area (Å²) >= 11 is 0. The van der Waals surface area contributed by atoms with Crippen molar-refractivity contribution in [1.82, 2.24) is 0 Å². The van der Waals surface area contributed by atoms with E-state index in [1.54, 1.807) is 0 Å². The van der Waals surface area contributed by atoms with Crippen molar-refractivity contribution in [3.63, 3.8) is 0 Å². The van der Waals surface area contributed by atoms with Crippen LogP contribution in [0.25, 0.3) is 0 Å². The molecule has 0 heterocycles. The van der Waals surface area contributed by atoms with Crippen LogP contribution in [0.15, 0.2) is 0 Å². The second kappa shape index (κ2) is 85.5. The van der Waals surface area contributed by atoms with Crippen LogP contribution in [0.1, 0.15) is 235 Å². The maximum Gasteiger partial charge on any atom is 0.0781 e. The summed E-state index contributed by atoms with van der Waals surface area (Å²) in [7, 11) is 0. The number of rotatable bonds is 100. The summed E-state index contributed by atoms with van der Waals surface area (Å²) in [4.78, 5) is 0. The fourth-order valence-corrected chi connectivity index (χ4v) is 11.6. The van der Waals surface area contributed by atoms with Crippen molar-refractivity contribution < 1.29 is 156 Å². The van der Waals surface area contributed by atoms with Crippen LogP contribution in [0.4, 0.5) is 0 Å². The molecule has 824 valence electrons. The Morgan fingerprint density at radius 2 is 0.146 bits per heavy atom. The lowest BCUT2D eigenvalue weighted by Crippen LogP contribution is -2.31. The van der Waals surface area contributed by atoms with Crippen molar-refractivity contribution in [2.24, 2.45) is 11.5 Å². The molecule has 137 heavy (non-hydrogen) atoms. The van der Waals surface area contributed by atoms with Gasteiger partial charge in [-0.25, -0.2) is 0 Å². The molecule has 34 atom stereocenters. The Kier molecular flexibility index (Phi) is 84.7. The van der Waals surface area contributed by atoms with Gasteiger partial charge in [0, 0.05) is 12.1 Å². The summed E-state index contributed by atoms with van der Waals surface area (Å²) in [5.41, 5.74) is 11.5. The average Bonchev–Trinajstić information content (AvgIpc) is 1.01. The largest absolute Gasteiger partial charge is 0.377 e. The molecule has 0 radical (unpaired) electrons. The highest BCUT2D eigenvalue weighted by Crippen LogP contribution is 2.16. The van der Waals surface area contributed by atoms with Gasteiger partial charge in [-0.3, -0.25) is 0 Å². The highest BCUT2D eigenvalue weighted by molar-refractivity contribution is 4.70. The SMILES string of the molecule is CC(N)COCC(C)OCC(C)OCC(C)OCC(C)OCC(C)OCC(C)OCC(C)OCC(C)OCC(C)OCC(C)OCC(C)OCC(C)OCC(C)OCC(C)OCC(C)OCC(C)OCC(C)OCC(C)OCC(C)OCC(C)OCC(C)OCC(C)OCC(C)OCC(C)OCC(C)OCC(C)OCC(C)OCC(C)OCC(C)OCC(C)OCC(C)OCC(C)OCC(C)N. The van der Waals surface area contributed by atoms with Crippen molar-refractivity contribution in [2.45, 2.75) is 443 Å². The lowest BCUT2D eigenvalue weighted by molar-refractivity contribution is -0.118. The van der Waals surface area contributed by atoms with Crippen LogP contribution in [0, 0.1) is 0 Å². The third-order valence-electron chi connectivity index (χ3n) is 20.5. The molecule has 0 bridgehead atoms. The third kappa shape index (κ3) is 87.4. The fourth-order valence-electron chi connectivity index (χ4n) is 11.6. The molecule has 0 aliphatic rings. The molecule has 0 aliphatic heterocycles. The molecule has 0 aromatic carbocycles. The minimum Gasteiger partial charge on any atom is -0.377 e. The van der Waals surface area contributed by atoms with Crippen molar-refractivity contribution >= 4 is 0 Å². The molecular formula is C102H208N2O33. The van der Waals surface area contributed by atoms with Crippen LogP contribution >= 0.6 is 0 Å². The summed E-state index contributed by atoms with van der Waals surface area (Å²) in [6, 6.07) is 0.000505. The Morgan fingerprint density at radius 1 is 0.0876 bits per heavy atom. The van der Waals surface area contributed by atoms with Crippen LogP contribution in [0.2, 0.25) is 0 Å². The van der Waals surface area contributed by atoms with Gasteiger partial charge < -0.3 is 168 Å². The van der Waals surface area contributed by atoms with Gasteiger partial charge >= 0.3 is 0 Å². The first-order chi connectivity index (χ1) is 64.7. The van der Waals surface area contributed by atoms with Gasteiger partial charge in [-0.15, -0.1) is 0 Å². The van der Waals surface area contributed by atoms with E-state index in [0.717, 1.165) is 0 Å². The first kappa shape index (κ1) is 136. The van der Waals surface area contributed by atoms with Gasteiger partial charge in [0.15, 0.2) is 0 Å². The molecule has 0 fully saturated rings. The van der Waals surface area contributed by atoms with E-state index in [9.17, 15) is 0 Å². The summed E-state index contributed by atoms with van der Waals surface area (Å²) in [5.74, 6) is 0. The zero-order valence-electron chi connectivity index (χ0n) is 92.3. The Labute approximate surface area is 831 Å². The minimum absolute atomic E-state index is 0.00339. The predicted molar refractivity (Wildman–Crippen MR) is 531 cm³/mol. The van der Waals surface area contributed by atoms with Gasteiger partial charge in [-0.1, -0.05) is 0 Å². The summed E-state index contributed by atoms with van der Waals surface area (Å²) in [5, 5.41) is 0. The molecule has 4 N–H and O–H groups in total. The third-order valence-corrected chi connectivity index (χ3v) is 20.5. The highest BCUT2D eigenvalue weighted by atomic mass is 16.7. The second-order valence-corrected chi connectivity index (χ2v) is 39.1. The quantitative estimate of drug-likeness (QED) is 0.0571. The first-order valence-electron chi connectivity index (χ1n) is 51.5. The predicted octanol–water partition coefficient (Wildman–Crippen LogP) is 12.7. The van der Waals surface area contributed by atoms with Crippen LogP contribution < -0.4 is 11.5 Å². The van der Waals surface area contributed by atoms with Gasteiger partial charge in [0.05, 0.1) is 420 Å². The molecule has 0 amide bonds. The monoisotopic (exact) mass is 1990 g/mol. The van der Waals surface area contributed by atoms with E-state index >= 15 is 0 Å². The van der Waals surface area contributed by atoms with Crippen molar-refractivity contribution in [2.75, 3.05) is 225 Å². The van der Waals surface area contributed by atoms with E-state index in [0.29, 0.717) is 225 Å². The first-order valence-corrected chi connectivity index (χ1v) is 51.5. The molecule has 35 heteroatoms. The van der Waals surface area contributed by atoms with E-state index in [4.69, 9.17) is 168 Å². The maximum atomic E-state index is 6.06. The van der Waals surface area contributed by atoms with Gasteiger partial charge in [0.25, 0.3) is 0 Å². The number of nitrogens with two attached hydrogens (primary N) is 2. The summed E-state index contributed by atoms with van der Waals surface area (Å²) < 4.78 is 198. The zero-order chi connectivity index (χ0) is 103. The highest BCUT2D eigenvalue weighted by Gasteiger charge is 2.25. The second-order valence-electron chi connectivity index (χ2n) is 39.1. The number of hydrogen-bond donors (Lipinski definition) is 2. The number of hydrogen-bond acceptors (Lipinski definition) is 35. The van der Waals surface area contributed by atoms with Crippen molar-refractivity contribution in [3.8, 4) is 0 Å². The van der Waals surface area contributed by atoms with Crippen LogP contribution in [0.3, 0.4) is 0 Å². The van der Waals surface area contributed by atoms with Crippen molar-refractivity contribution in [3.05, 3.63) is 0 Å². The van der Waals surface area contributed by atoms with Gasteiger partial charge in [0.2, 0.25) is 0 Å². The lowest BCUT2D eigenvalue weighted by atomic mass is 10.3. The Morgan fingerprint density at radius 3 is 0.212 bits per heavy atom. The van der Waals surface area contributed by atoms with Gasteiger partial charge in [0.1, 0.15) is 0 Å². The lowest BCUT2D eigenvalue weighted by Gasteiger charge is -2.24. The topological polar surface area (TPSA) is 357 Å². The molecule has 0 aromatic heterocycles. The Bertz CT molecular complexity index is 2460. The Balaban J connectivity index is 4.09. The van der Waals surface area contributed by atoms with Crippen LogP contribution in [0.5, 0.6) is 0 Å². The summed E-state index contributed by atoms with van der Waals surface area (Å²) in [6.07, 6.45) is -3.71. The molecule has 35 nitrogen and oxygen atoms in total. The van der Waals surface area contributed by atoms with E-state index in [2.05, 4.69) is 0 Å². The van der Waals surface area contributed by atoms with Crippen molar-refractivity contribution in [1.29, 1.82) is 0 Å². The maximum absolute atomic E-state index is 6.06. The standard InChI is InChI=1S/C102H208N2O33/c1-69(103)35-105-37-71(3)107-39-73(5)109-41-75(7)111-43-77(9)113-45-79(11)115-47-81(13)117-49-83(15)119-51-85(17)121-53-87(19)123-55-89(21)125-57-91(23)127-59-93(25)129-61-95(27)131-63-97(29)133-65-99(31)135-67-101(33)137-68-102(34)136-66-100(32)134-64-98(30)132-62-96(28)130-60-94(26)128-58-92(24)126-56-90(22)124-54-88(20)122-52-86(18)120-50-84(16)118-48-82(14)116-46-80(12)114-44-78(10)112-42-76(8)110-40-74(6)108-38-72(4)106-36-70(2)104/h69-102H,35-68,103-104H2,1-34H3. The normalized spacial score (nSPS) is 20.1. The van der Waals surface area contributed by atoms with E-state index in [1.807, 2.05) is 235 Å². The van der Waals surface area contributed by atoms with E-state index < -0.39 is 0 Å². The van der Waals surface area contributed by atoms with Crippen LogP contribution in [-0.4, -0.2) is 432 Å². The Hall–Kier alpha value is -1.40. The van der Waals surface area contributed by atoms with Gasteiger partial charge in [-0.2, -0.15) is 0 Å². The van der Waals surface area contributed by atoms with Crippen LogP contribution in [-0.2, 0) is 156 Å². The molecule has 0 aromatic rings. The molecule has 0 saturated heterocycles. The average molecular weight is 1990 g/mol. The molecule has 0 rings (SSSR count).